The number of hydrogen-bond acceptors (Lipinski definition) is 5. The van der Waals surface area contributed by atoms with Gasteiger partial charge in [0.1, 0.15) is 13.2 Å². The van der Waals surface area contributed by atoms with Gasteiger partial charge in [0.15, 0.2) is 5.05 Å². The molecule has 0 bridgehead atoms. The minimum absolute atomic E-state index is 0.0542. The molecule has 0 aliphatic rings. The third-order valence-corrected chi connectivity index (χ3v) is 9.20. The van der Waals surface area contributed by atoms with Gasteiger partial charge >= 0.3 is 5.97 Å². The van der Waals surface area contributed by atoms with Crippen LogP contribution in [0.3, 0.4) is 0 Å². The molecule has 0 rings (SSSR count). The third-order valence-electron chi connectivity index (χ3n) is 8.96. The van der Waals surface area contributed by atoms with E-state index in [-0.39, 0.29) is 19.2 Å². The summed E-state index contributed by atoms with van der Waals surface area (Å²) in [5, 5.41) is 0.432. The number of thiocarbonyl (C=S) groups is 1. The first-order chi connectivity index (χ1) is 22.2. The molecule has 5 heteroatoms. The van der Waals surface area contributed by atoms with Crippen LogP contribution in [0.5, 0.6) is 0 Å². The zero-order chi connectivity index (χ0) is 32.7. The van der Waals surface area contributed by atoms with Crippen LogP contribution in [-0.2, 0) is 19.0 Å². The Balaban J connectivity index is 3.25. The zero-order valence-electron chi connectivity index (χ0n) is 30.5. The van der Waals surface area contributed by atoms with Crippen LogP contribution < -0.4 is 0 Å². The van der Waals surface area contributed by atoms with E-state index in [2.05, 4.69) is 13.8 Å². The number of carbonyl (C=O) groups excluding carboxylic acids is 1. The summed E-state index contributed by atoms with van der Waals surface area (Å²) in [5.74, 6) is -0.309. The van der Waals surface area contributed by atoms with E-state index in [0.717, 1.165) is 19.3 Å². The highest BCUT2D eigenvalue weighted by Gasteiger charge is 2.05. The number of unbranched alkanes of at least 4 members (excludes halogenated alkanes) is 30. The number of rotatable bonds is 38. The summed E-state index contributed by atoms with van der Waals surface area (Å²) >= 11 is 5.23. The summed E-state index contributed by atoms with van der Waals surface area (Å²) < 4.78 is 16.3. The van der Waals surface area contributed by atoms with Gasteiger partial charge in [0, 0.05) is 0 Å². The lowest BCUT2D eigenvalue weighted by atomic mass is 10.0. The Bertz CT molecular complexity index is 547. The molecular weight excluding hydrogens is 577 g/mol. The van der Waals surface area contributed by atoms with Gasteiger partial charge in [0.2, 0.25) is 0 Å². The van der Waals surface area contributed by atoms with Crippen LogP contribution in [0.15, 0.2) is 0 Å². The molecular formula is C40H78O4S. The number of hydrogen-bond donors (Lipinski definition) is 0. The maximum absolute atomic E-state index is 11.9. The zero-order valence-corrected chi connectivity index (χ0v) is 31.3. The smallest absolute Gasteiger partial charge is 0.332 e. The minimum Gasteiger partial charge on any atom is -0.485 e. The molecule has 268 valence electrons. The molecule has 0 heterocycles. The molecule has 45 heavy (non-hydrogen) atoms. The van der Waals surface area contributed by atoms with E-state index in [1.54, 1.807) is 0 Å². The van der Waals surface area contributed by atoms with Gasteiger partial charge in [0.05, 0.1) is 13.2 Å². The Kier molecular flexibility index (Phi) is 38.9. The molecule has 0 amide bonds. The predicted octanol–water partition coefficient (Wildman–Crippen LogP) is 13.4. The third kappa shape index (κ3) is 39.4. The maximum atomic E-state index is 11.9. The van der Waals surface area contributed by atoms with Crippen molar-refractivity contribution in [2.24, 2.45) is 0 Å². The van der Waals surface area contributed by atoms with E-state index < -0.39 is 0 Å². The van der Waals surface area contributed by atoms with Crippen molar-refractivity contribution in [2.45, 2.75) is 219 Å². The molecule has 0 spiro atoms. The lowest BCUT2D eigenvalue weighted by Gasteiger charge is -2.09. The first-order valence-electron chi connectivity index (χ1n) is 20.1. The largest absolute Gasteiger partial charge is 0.485 e. The number of carbonyl (C=O) groups is 1. The normalized spacial score (nSPS) is 11.2. The fraction of sp³-hybridized carbons (Fsp3) is 0.950. The molecule has 0 saturated heterocycles. The Morgan fingerprint density at radius 3 is 0.956 bits per heavy atom. The standard InChI is InChI=1S/C40H78O4S/c1-3-5-7-9-11-13-15-17-19-21-23-25-27-29-31-33-35-43-39(41)37-42-38-40(45)44-36-34-32-30-28-26-24-22-20-18-16-14-12-10-8-6-4-2/h3-38H2,1-2H3. The van der Waals surface area contributed by atoms with Crippen LogP contribution in [0.4, 0.5) is 0 Å². The van der Waals surface area contributed by atoms with Crippen molar-refractivity contribution in [1.29, 1.82) is 0 Å². The van der Waals surface area contributed by atoms with E-state index in [4.69, 9.17) is 26.4 Å². The van der Waals surface area contributed by atoms with Crippen molar-refractivity contribution >= 4 is 23.2 Å². The van der Waals surface area contributed by atoms with Gasteiger partial charge in [-0.1, -0.05) is 206 Å². The van der Waals surface area contributed by atoms with Crippen LogP contribution >= 0.6 is 12.2 Å². The molecule has 0 aromatic rings. The van der Waals surface area contributed by atoms with Crippen molar-refractivity contribution in [2.75, 3.05) is 26.4 Å². The average molecular weight is 655 g/mol. The molecule has 0 aromatic heterocycles. The quantitative estimate of drug-likeness (QED) is 0.0376. The number of esters is 1. The lowest BCUT2D eigenvalue weighted by molar-refractivity contribution is -0.148. The second-order valence-electron chi connectivity index (χ2n) is 13.5. The summed E-state index contributed by atoms with van der Waals surface area (Å²) in [6.07, 6.45) is 43.2. The first kappa shape index (κ1) is 44.3. The van der Waals surface area contributed by atoms with E-state index in [1.165, 1.54) is 186 Å². The van der Waals surface area contributed by atoms with Crippen molar-refractivity contribution in [1.82, 2.24) is 0 Å². The molecule has 0 aliphatic carbocycles. The van der Waals surface area contributed by atoms with Gasteiger partial charge in [-0.2, -0.15) is 0 Å². The molecule has 0 unspecified atom stereocenters. The van der Waals surface area contributed by atoms with Gasteiger partial charge in [-0.25, -0.2) is 4.79 Å². The van der Waals surface area contributed by atoms with Crippen LogP contribution in [0, 0.1) is 0 Å². The fourth-order valence-corrected chi connectivity index (χ4v) is 6.14. The van der Waals surface area contributed by atoms with Gasteiger partial charge in [0.25, 0.3) is 0 Å². The van der Waals surface area contributed by atoms with Crippen molar-refractivity contribution < 1.29 is 19.0 Å². The average Bonchev–Trinajstić information content (AvgIpc) is 3.04. The SMILES string of the molecule is CCCCCCCCCCCCCCCCCCOC(=O)COCC(=S)OCCCCCCCCCCCCCCCCCC. The van der Waals surface area contributed by atoms with Crippen molar-refractivity contribution in [3.05, 3.63) is 0 Å². The second kappa shape index (κ2) is 39.5. The number of ether oxygens (including phenoxy) is 3. The van der Waals surface area contributed by atoms with Crippen LogP contribution in [-0.4, -0.2) is 37.4 Å². The topological polar surface area (TPSA) is 44.8 Å². The van der Waals surface area contributed by atoms with Gasteiger partial charge < -0.3 is 14.2 Å². The van der Waals surface area contributed by atoms with Gasteiger partial charge in [-0.05, 0) is 25.1 Å². The second-order valence-corrected chi connectivity index (χ2v) is 14.0. The minimum atomic E-state index is -0.309. The summed E-state index contributed by atoms with van der Waals surface area (Å²) in [7, 11) is 0. The Labute approximate surface area is 287 Å². The van der Waals surface area contributed by atoms with E-state index >= 15 is 0 Å². The molecule has 0 radical (unpaired) electrons. The summed E-state index contributed by atoms with van der Waals surface area (Å²) in [5.41, 5.74) is 0. The fourth-order valence-electron chi connectivity index (χ4n) is 5.97. The summed E-state index contributed by atoms with van der Waals surface area (Å²) in [6, 6.07) is 0. The van der Waals surface area contributed by atoms with Crippen LogP contribution in [0.25, 0.3) is 0 Å². The molecule has 0 aliphatic heterocycles. The van der Waals surface area contributed by atoms with Crippen molar-refractivity contribution in [3.63, 3.8) is 0 Å². The van der Waals surface area contributed by atoms with E-state index in [0.29, 0.717) is 18.3 Å². The highest BCUT2D eigenvalue weighted by atomic mass is 32.1. The maximum Gasteiger partial charge on any atom is 0.332 e. The first-order valence-corrected chi connectivity index (χ1v) is 20.5. The van der Waals surface area contributed by atoms with Gasteiger partial charge in [-0.15, -0.1) is 0 Å². The van der Waals surface area contributed by atoms with E-state index in [1.807, 2.05) is 0 Å². The van der Waals surface area contributed by atoms with Gasteiger partial charge in [-0.3, -0.25) is 0 Å². The highest BCUT2D eigenvalue weighted by Crippen LogP contribution is 2.15. The summed E-state index contributed by atoms with van der Waals surface area (Å²) in [6.45, 7) is 5.83. The lowest BCUT2D eigenvalue weighted by Crippen LogP contribution is -2.18. The monoisotopic (exact) mass is 655 g/mol. The molecule has 0 fully saturated rings. The van der Waals surface area contributed by atoms with Crippen molar-refractivity contribution in [3.8, 4) is 0 Å². The molecule has 4 nitrogen and oxygen atoms in total. The predicted molar refractivity (Wildman–Crippen MR) is 199 cm³/mol. The van der Waals surface area contributed by atoms with Crippen LogP contribution in [0.1, 0.15) is 219 Å². The molecule has 0 N–H and O–H groups in total. The highest BCUT2D eigenvalue weighted by molar-refractivity contribution is 7.80. The van der Waals surface area contributed by atoms with E-state index in [9.17, 15) is 4.79 Å². The Morgan fingerprint density at radius 2 is 0.644 bits per heavy atom. The molecule has 0 saturated carbocycles. The summed E-state index contributed by atoms with van der Waals surface area (Å²) in [4.78, 5) is 11.9. The molecule has 0 aromatic carbocycles. The molecule has 0 atom stereocenters. The Hall–Kier alpha value is -0.680. The Morgan fingerprint density at radius 1 is 0.378 bits per heavy atom. The van der Waals surface area contributed by atoms with Crippen LogP contribution in [0.2, 0.25) is 0 Å².